The van der Waals surface area contributed by atoms with Gasteiger partial charge in [-0.1, -0.05) is 48.5 Å². The summed E-state index contributed by atoms with van der Waals surface area (Å²) in [6.45, 7) is 2.81. The quantitative estimate of drug-likeness (QED) is 0.444. The number of hydrogen-bond donors (Lipinski definition) is 1. The summed E-state index contributed by atoms with van der Waals surface area (Å²) >= 11 is 1.44. The van der Waals surface area contributed by atoms with E-state index in [2.05, 4.69) is 28.4 Å². The molecule has 1 fully saturated rings. The molecule has 1 aliphatic heterocycles. The van der Waals surface area contributed by atoms with E-state index in [0.717, 1.165) is 42.0 Å². The zero-order chi connectivity index (χ0) is 22.6. The van der Waals surface area contributed by atoms with Crippen LogP contribution in [0.4, 0.5) is 10.9 Å². The number of fused-ring (bicyclic) bond motifs is 1. The minimum absolute atomic E-state index is 0.0499. The normalized spacial score (nSPS) is 13.7. The molecule has 2 aromatic carbocycles. The van der Waals surface area contributed by atoms with Crippen molar-refractivity contribution in [2.24, 2.45) is 0 Å². The summed E-state index contributed by atoms with van der Waals surface area (Å²) in [5.41, 5.74) is 3.28. The van der Waals surface area contributed by atoms with E-state index in [9.17, 15) is 10.1 Å². The Morgan fingerprint density at radius 2 is 1.79 bits per heavy atom. The predicted octanol–water partition coefficient (Wildman–Crippen LogP) is 4.98. The van der Waals surface area contributed by atoms with Gasteiger partial charge in [-0.25, -0.2) is 4.98 Å². The van der Waals surface area contributed by atoms with Crippen LogP contribution in [0.1, 0.15) is 36.0 Å². The van der Waals surface area contributed by atoms with Crippen molar-refractivity contribution in [3.8, 4) is 6.07 Å². The van der Waals surface area contributed by atoms with Crippen molar-refractivity contribution in [2.45, 2.75) is 32.4 Å². The summed E-state index contributed by atoms with van der Waals surface area (Å²) in [6.07, 6.45) is 3.39. The summed E-state index contributed by atoms with van der Waals surface area (Å²) in [7, 11) is 0. The van der Waals surface area contributed by atoms with Crippen molar-refractivity contribution in [2.75, 3.05) is 23.3 Å². The first-order valence-electron chi connectivity index (χ1n) is 11.3. The van der Waals surface area contributed by atoms with Crippen LogP contribution in [-0.4, -0.2) is 22.6 Å². The Morgan fingerprint density at radius 1 is 1.03 bits per heavy atom. The Hall–Kier alpha value is -3.63. The molecule has 3 heterocycles. The van der Waals surface area contributed by atoms with Crippen molar-refractivity contribution in [3.63, 3.8) is 0 Å². The van der Waals surface area contributed by atoms with E-state index in [-0.39, 0.29) is 5.56 Å². The van der Waals surface area contributed by atoms with Crippen LogP contribution in [0, 0.1) is 11.3 Å². The van der Waals surface area contributed by atoms with E-state index in [4.69, 9.17) is 4.98 Å². The van der Waals surface area contributed by atoms with Gasteiger partial charge < -0.3 is 10.2 Å². The second kappa shape index (κ2) is 9.47. The molecule has 1 saturated heterocycles. The highest BCUT2D eigenvalue weighted by atomic mass is 32.1. The largest absolute Gasteiger partial charge is 0.373 e. The molecular weight excluding hydrogens is 430 g/mol. The molecule has 6 nitrogen and oxygen atoms in total. The number of rotatable bonds is 6. The van der Waals surface area contributed by atoms with Crippen molar-refractivity contribution >= 4 is 32.5 Å². The number of nitriles is 1. The third-order valence-electron chi connectivity index (χ3n) is 6.03. The predicted molar refractivity (Wildman–Crippen MR) is 134 cm³/mol. The number of nitrogens with one attached hydrogen (secondary N) is 1. The third kappa shape index (κ3) is 4.48. The van der Waals surface area contributed by atoms with Gasteiger partial charge in [0.1, 0.15) is 4.70 Å². The lowest BCUT2D eigenvalue weighted by atomic mass is 10.1. The minimum atomic E-state index is -0.0499. The molecule has 33 heavy (non-hydrogen) atoms. The molecule has 4 aromatic rings. The van der Waals surface area contributed by atoms with Crippen LogP contribution in [0.2, 0.25) is 0 Å². The van der Waals surface area contributed by atoms with Gasteiger partial charge >= 0.3 is 0 Å². The summed E-state index contributed by atoms with van der Waals surface area (Å²) in [6, 6.07) is 21.9. The van der Waals surface area contributed by atoms with Gasteiger partial charge in [-0.3, -0.25) is 9.36 Å². The standard InChI is InChI=1S/C26H25N5OS/c27-16-20-11-5-6-12-21(20)18-31-25(32)24-22(29-26(31)30-13-7-2-8-14-30)15-23(33-24)28-17-19-9-3-1-4-10-19/h1,3-6,9-12,15,28H,2,7-8,13-14,17-18H2. The second-order valence-corrected chi connectivity index (χ2v) is 9.34. The maximum atomic E-state index is 13.7. The molecule has 2 aromatic heterocycles. The molecule has 0 aliphatic carbocycles. The van der Waals surface area contributed by atoms with Crippen LogP contribution in [0.25, 0.3) is 10.2 Å². The van der Waals surface area contributed by atoms with Gasteiger partial charge in [0.15, 0.2) is 0 Å². The number of benzene rings is 2. The molecule has 166 valence electrons. The van der Waals surface area contributed by atoms with Crippen molar-refractivity contribution in [3.05, 3.63) is 87.7 Å². The fourth-order valence-corrected chi connectivity index (χ4v) is 5.23. The van der Waals surface area contributed by atoms with E-state index < -0.39 is 0 Å². The number of nitrogens with zero attached hydrogens (tertiary/aromatic N) is 4. The Kier molecular flexibility index (Phi) is 6.09. The lowest BCUT2D eigenvalue weighted by molar-refractivity contribution is 0.553. The molecule has 0 atom stereocenters. The van der Waals surface area contributed by atoms with E-state index in [1.165, 1.54) is 23.3 Å². The van der Waals surface area contributed by atoms with E-state index >= 15 is 0 Å². The fourth-order valence-electron chi connectivity index (χ4n) is 4.29. The zero-order valence-electron chi connectivity index (χ0n) is 18.3. The summed E-state index contributed by atoms with van der Waals surface area (Å²) in [4.78, 5) is 20.9. The maximum absolute atomic E-state index is 13.7. The van der Waals surface area contributed by atoms with Crippen LogP contribution >= 0.6 is 11.3 Å². The van der Waals surface area contributed by atoms with Gasteiger partial charge in [0, 0.05) is 19.6 Å². The number of anilines is 2. The first-order chi connectivity index (χ1) is 16.2. The van der Waals surface area contributed by atoms with E-state index in [0.29, 0.717) is 29.3 Å². The number of thiophene rings is 1. The van der Waals surface area contributed by atoms with Gasteiger partial charge in [0.25, 0.3) is 5.56 Å². The van der Waals surface area contributed by atoms with Crippen molar-refractivity contribution in [1.29, 1.82) is 5.26 Å². The molecule has 1 N–H and O–H groups in total. The Balaban J connectivity index is 1.55. The highest BCUT2D eigenvalue weighted by Gasteiger charge is 2.21. The van der Waals surface area contributed by atoms with Crippen LogP contribution in [0.5, 0.6) is 0 Å². The molecule has 0 radical (unpaired) electrons. The lowest BCUT2D eigenvalue weighted by Crippen LogP contribution is -2.36. The van der Waals surface area contributed by atoms with Crippen molar-refractivity contribution < 1.29 is 0 Å². The molecule has 1 aliphatic rings. The minimum Gasteiger partial charge on any atom is -0.373 e. The molecule has 0 unspecified atom stereocenters. The zero-order valence-corrected chi connectivity index (χ0v) is 19.1. The third-order valence-corrected chi connectivity index (χ3v) is 7.10. The van der Waals surface area contributed by atoms with Crippen LogP contribution in [0.15, 0.2) is 65.5 Å². The van der Waals surface area contributed by atoms with E-state index in [1.54, 1.807) is 10.6 Å². The number of hydrogen-bond acceptors (Lipinski definition) is 6. The van der Waals surface area contributed by atoms with Crippen LogP contribution < -0.4 is 15.8 Å². The monoisotopic (exact) mass is 455 g/mol. The molecule has 5 rings (SSSR count). The van der Waals surface area contributed by atoms with Crippen molar-refractivity contribution in [1.82, 2.24) is 9.55 Å². The molecular formula is C26H25N5OS. The maximum Gasteiger partial charge on any atom is 0.273 e. The second-order valence-electron chi connectivity index (χ2n) is 8.28. The topological polar surface area (TPSA) is 74.0 Å². The lowest BCUT2D eigenvalue weighted by Gasteiger charge is -2.29. The van der Waals surface area contributed by atoms with Gasteiger partial charge in [0.2, 0.25) is 5.95 Å². The van der Waals surface area contributed by atoms with Gasteiger partial charge in [0.05, 0.1) is 28.7 Å². The SMILES string of the molecule is N#Cc1ccccc1Cn1c(N2CCCCC2)nc2cc(NCc3ccccc3)sc2c1=O. The number of piperidine rings is 1. The highest BCUT2D eigenvalue weighted by Crippen LogP contribution is 2.29. The Bertz CT molecular complexity index is 1360. The molecule has 0 spiro atoms. The van der Waals surface area contributed by atoms with Gasteiger partial charge in [-0.05, 0) is 42.5 Å². The number of aromatic nitrogens is 2. The first kappa shape index (κ1) is 21.2. The Morgan fingerprint density at radius 3 is 2.58 bits per heavy atom. The molecule has 0 saturated carbocycles. The molecule has 7 heteroatoms. The fraction of sp³-hybridized carbons (Fsp3) is 0.269. The highest BCUT2D eigenvalue weighted by molar-refractivity contribution is 7.22. The Labute approximate surface area is 196 Å². The van der Waals surface area contributed by atoms with E-state index in [1.807, 2.05) is 42.5 Å². The average Bonchev–Trinajstić information content (AvgIpc) is 3.29. The molecule has 0 bridgehead atoms. The molecule has 0 amide bonds. The van der Waals surface area contributed by atoms with Gasteiger partial charge in [-0.15, -0.1) is 11.3 Å². The summed E-state index contributed by atoms with van der Waals surface area (Å²) in [5, 5.41) is 13.9. The summed E-state index contributed by atoms with van der Waals surface area (Å²) in [5.74, 6) is 0.701. The average molecular weight is 456 g/mol. The summed E-state index contributed by atoms with van der Waals surface area (Å²) < 4.78 is 2.39. The van der Waals surface area contributed by atoms with Crippen LogP contribution in [-0.2, 0) is 13.1 Å². The van der Waals surface area contributed by atoms with Gasteiger partial charge in [-0.2, -0.15) is 5.26 Å². The first-order valence-corrected chi connectivity index (χ1v) is 12.1. The smallest absolute Gasteiger partial charge is 0.273 e. The van der Waals surface area contributed by atoms with Crippen LogP contribution in [0.3, 0.4) is 0 Å².